The van der Waals surface area contributed by atoms with E-state index in [1.807, 2.05) is 7.05 Å². The van der Waals surface area contributed by atoms with Crippen LogP contribution in [-0.2, 0) is 5.41 Å². The summed E-state index contributed by atoms with van der Waals surface area (Å²) in [7, 11) is 2.01. The molecule has 2 N–H and O–H groups in total. The normalized spacial score (nSPS) is 12.8. The van der Waals surface area contributed by atoms with Gasteiger partial charge in [0.2, 0.25) is 0 Å². The van der Waals surface area contributed by atoms with Gasteiger partial charge < -0.3 is 10.6 Å². The summed E-state index contributed by atoms with van der Waals surface area (Å²) < 4.78 is 0. The molecule has 0 heterocycles. The van der Waals surface area contributed by atoms with Crippen LogP contribution in [0.4, 0.5) is 0 Å². The van der Waals surface area contributed by atoms with Gasteiger partial charge in [0.25, 0.3) is 0 Å². The Kier molecular flexibility index (Phi) is 4.94. The Morgan fingerprint density at radius 3 is 2.28 bits per heavy atom. The Bertz CT molecular complexity index is 380. The molecule has 0 saturated heterocycles. The van der Waals surface area contributed by atoms with E-state index in [-0.39, 0.29) is 11.0 Å². The van der Waals surface area contributed by atoms with Crippen molar-refractivity contribution in [2.45, 2.75) is 45.6 Å². The summed E-state index contributed by atoms with van der Waals surface area (Å²) in [6.45, 7) is 13.1. The van der Waals surface area contributed by atoms with Crippen LogP contribution in [0.5, 0.6) is 0 Å². The molecule has 0 aliphatic heterocycles. The van der Waals surface area contributed by atoms with Crippen LogP contribution in [0.1, 0.15) is 38.8 Å². The molecule has 0 saturated carbocycles. The molecule has 0 atom stereocenters. The van der Waals surface area contributed by atoms with Gasteiger partial charge in [0.05, 0.1) is 0 Å². The fourth-order valence-corrected chi connectivity index (χ4v) is 1.94. The monoisotopic (exact) mass is 248 g/mol. The molecular formula is C16H28N2. The maximum absolute atomic E-state index is 3.57. The first-order valence-corrected chi connectivity index (χ1v) is 6.74. The second-order valence-electron chi connectivity index (χ2n) is 6.49. The summed E-state index contributed by atoms with van der Waals surface area (Å²) >= 11 is 0. The van der Waals surface area contributed by atoms with E-state index in [2.05, 4.69) is 69.5 Å². The Labute approximate surface area is 112 Å². The van der Waals surface area contributed by atoms with Crippen molar-refractivity contribution in [1.29, 1.82) is 0 Å². The lowest BCUT2D eigenvalue weighted by atomic mass is 9.83. The quantitative estimate of drug-likeness (QED) is 0.809. The molecule has 0 fully saturated rings. The standard InChI is InChI=1S/C16H28N2/c1-13-8-7-9-14(10-13)15(2,3)11-18-12-16(4,5)17-6/h7-10,17-18H,11-12H2,1-6H3. The predicted octanol–water partition coefficient (Wildman–Crippen LogP) is 2.86. The maximum Gasteiger partial charge on any atom is 0.0246 e. The average molecular weight is 248 g/mol. The minimum Gasteiger partial charge on any atom is -0.314 e. The first kappa shape index (κ1) is 15.2. The third-order valence-corrected chi connectivity index (χ3v) is 3.61. The molecule has 1 aromatic rings. The van der Waals surface area contributed by atoms with Crippen molar-refractivity contribution in [3.05, 3.63) is 35.4 Å². The van der Waals surface area contributed by atoms with Gasteiger partial charge in [-0.1, -0.05) is 43.7 Å². The summed E-state index contributed by atoms with van der Waals surface area (Å²) in [4.78, 5) is 0. The van der Waals surface area contributed by atoms with Gasteiger partial charge >= 0.3 is 0 Å². The number of nitrogens with one attached hydrogen (secondary N) is 2. The lowest BCUT2D eigenvalue weighted by Crippen LogP contribution is -2.48. The Morgan fingerprint density at radius 2 is 1.72 bits per heavy atom. The zero-order valence-electron chi connectivity index (χ0n) is 12.7. The molecule has 0 aromatic heterocycles. The SMILES string of the molecule is CNC(C)(C)CNCC(C)(C)c1cccc(C)c1. The van der Waals surface area contributed by atoms with Crippen molar-refractivity contribution in [1.82, 2.24) is 10.6 Å². The predicted molar refractivity (Wildman–Crippen MR) is 80.2 cm³/mol. The Hall–Kier alpha value is -0.860. The number of benzene rings is 1. The fraction of sp³-hybridized carbons (Fsp3) is 0.625. The molecule has 1 aromatic carbocycles. The summed E-state index contributed by atoms with van der Waals surface area (Å²) in [6, 6.07) is 8.80. The minimum absolute atomic E-state index is 0.142. The molecule has 0 radical (unpaired) electrons. The van der Waals surface area contributed by atoms with Crippen LogP contribution in [0.2, 0.25) is 0 Å². The third-order valence-electron chi connectivity index (χ3n) is 3.61. The van der Waals surface area contributed by atoms with Crippen LogP contribution in [0.15, 0.2) is 24.3 Å². The molecule has 18 heavy (non-hydrogen) atoms. The summed E-state index contributed by atoms with van der Waals surface area (Å²) in [5.41, 5.74) is 3.03. The lowest BCUT2D eigenvalue weighted by molar-refractivity contribution is 0.367. The van der Waals surface area contributed by atoms with E-state index in [4.69, 9.17) is 0 Å². The van der Waals surface area contributed by atoms with Crippen molar-refractivity contribution in [3.8, 4) is 0 Å². The van der Waals surface area contributed by atoms with Crippen LogP contribution in [-0.4, -0.2) is 25.7 Å². The first-order chi connectivity index (χ1) is 8.27. The molecule has 0 bridgehead atoms. The van der Waals surface area contributed by atoms with Gasteiger partial charge in [0.15, 0.2) is 0 Å². The van der Waals surface area contributed by atoms with E-state index >= 15 is 0 Å². The van der Waals surface area contributed by atoms with Gasteiger partial charge in [0, 0.05) is 24.0 Å². The number of aryl methyl sites for hydroxylation is 1. The zero-order chi connectivity index (χ0) is 13.8. The largest absolute Gasteiger partial charge is 0.314 e. The topological polar surface area (TPSA) is 24.1 Å². The van der Waals surface area contributed by atoms with Gasteiger partial charge in [0.1, 0.15) is 0 Å². The molecule has 2 heteroatoms. The second kappa shape index (κ2) is 5.85. The van der Waals surface area contributed by atoms with E-state index in [9.17, 15) is 0 Å². The molecule has 0 unspecified atom stereocenters. The maximum atomic E-state index is 3.57. The molecule has 0 amide bonds. The molecule has 1 rings (SSSR count). The van der Waals surface area contributed by atoms with Crippen LogP contribution in [0.3, 0.4) is 0 Å². The summed E-state index contributed by atoms with van der Waals surface area (Å²) in [6.07, 6.45) is 0. The lowest BCUT2D eigenvalue weighted by Gasteiger charge is -2.30. The minimum atomic E-state index is 0.142. The van der Waals surface area contributed by atoms with E-state index < -0.39 is 0 Å². The number of hydrogen-bond acceptors (Lipinski definition) is 2. The van der Waals surface area contributed by atoms with Crippen LogP contribution in [0, 0.1) is 6.92 Å². The molecule has 0 aliphatic carbocycles. The number of rotatable bonds is 6. The first-order valence-electron chi connectivity index (χ1n) is 6.74. The van der Waals surface area contributed by atoms with Gasteiger partial charge in [-0.05, 0) is 33.4 Å². The van der Waals surface area contributed by atoms with Crippen LogP contribution in [0.25, 0.3) is 0 Å². The van der Waals surface area contributed by atoms with E-state index in [1.165, 1.54) is 11.1 Å². The second-order valence-corrected chi connectivity index (χ2v) is 6.49. The average Bonchev–Trinajstić information content (AvgIpc) is 2.28. The van der Waals surface area contributed by atoms with Gasteiger partial charge in [-0.25, -0.2) is 0 Å². The molecular weight excluding hydrogens is 220 g/mol. The third kappa shape index (κ3) is 4.43. The van der Waals surface area contributed by atoms with Crippen molar-refractivity contribution in [2.75, 3.05) is 20.1 Å². The van der Waals surface area contributed by atoms with Gasteiger partial charge in [-0.2, -0.15) is 0 Å². The van der Waals surface area contributed by atoms with E-state index in [0.717, 1.165) is 13.1 Å². The molecule has 0 aliphatic rings. The van der Waals surface area contributed by atoms with E-state index in [0.29, 0.717) is 0 Å². The highest BCUT2D eigenvalue weighted by atomic mass is 15.0. The molecule has 2 nitrogen and oxygen atoms in total. The summed E-state index contributed by atoms with van der Waals surface area (Å²) in [5.74, 6) is 0. The fourth-order valence-electron chi connectivity index (χ4n) is 1.94. The zero-order valence-corrected chi connectivity index (χ0v) is 12.7. The van der Waals surface area contributed by atoms with Gasteiger partial charge in [-0.15, -0.1) is 0 Å². The van der Waals surface area contributed by atoms with Crippen LogP contribution >= 0.6 is 0 Å². The van der Waals surface area contributed by atoms with Gasteiger partial charge in [-0.3, -0.25) is 0 Å². The number of hydrogen-bond donors (Lipinski definition) is 2. The van der Waals surface area contributed by atoms with Crippen LogP contribution < -0.4 is 10.6 Å². The summed E-state index contributed by atoms with van der Waals surface area (Å²) in [5, 5.41) is 6.89. The van der Waals surface area contributed by atoms with Crippen molar-refractivity contribution in [2.24, 2.45) is 0 Å². The van der Waals surface area contributed by atoms with Crippen molar-refractivity contribution < 1.29 is 0 Å². The Morgan fingerprint density at radius 1 is 1.06 bits per heavy atom. The highest BCUT2D eigenvalue weighted by Gasteiger charge is 2.22. The molecule has 0 spiro atoms. The van der Waals surface area contributed by atoms with Crippen molar-refractivity contribution >= 4 is 0 Å². The van der Waals surface area contributed by atoms with E-state index in [1.54, 1.807) is 0 Å². The highest BCUT2D eigenvalue weighted by molar-refractivity contribution is 5.28. The smallest absolute Gasteiger partial charge is 0.0246 e. The highest BCUT2D eigenvalue weighted by Crippen LogP contribution is 2.23. The molecule has 102 valence electrons. The Balaban J connectivity index is 2.60. The number of likely N-dealkylation sites (N-methyl/N-ethyl adjacent to an activating group) is 1. The van der Waals surface area contributed by atoms with Crippen molar-refractivity contribution in [3.63, 3.8) is 0 Å².